The smallest absolute Gasteiger partial charge is 0.123 e. The number of benzene rings is 3. The van der Waals surface area contributed by atoms with Crippen LogP contribution >= 0.6 is 23.5 Å². The lowest BCUT2D eigenvalue weighted by Crippen LogP contribution is -2.46. The van der Waals surface area contributed by atoms with Gasteiger partial charge in [0.1, 0.15) is 5.75 Å². The number of aromatic hydroxyl groups is 1. The minimum absolute atomic E-state index is 0.102. The Hall–Kier alpha value is -1.58. The zero-order valence-electron chi connectivity index (χ0n) is 18.7. The lowest BCUT2D eigenvalue weighted by atomic mass is 9.54. The predicted molar refractivity (Wildman–Crippen MR) is 132 cm³/mol. The summed E-state index contributed by atoms with van der Waals surface area (Å²) < 4.78 is 0. The maximum atomic E-state index is 11.3. The molecule has 0 aromatic heterocycles. The summed E-state index contributed by atoms with van der Waals surface area (Å²) in [5.74, 6) is 0.414. The molecule has 5 rings (SSSR count). The zero-order chi connectivity index (χ0) is 21.5. The molecule has 0 aliphatic heterocycles. The molecule has 1 saturated carbocycles. The Bertz CT molecular complexity index is 1170. The van der Waals surface area contributed by atoms with Crippen LogP contribution in [-0.4, -0.2) is 17.6 Å². The quantitative estimate of drug-likeness (QED) is 0.411. The normalized spacial score (nSPS) is 19.9. The van der Waals surface area contributed by atoms with E-state index in [4.69, 9.17) is 0 Å². The molecule has 0 amide bonds. The van der Waals surface area contributed by atoms with E-state index in [2.05, 4.69) is 82.7 Å². The number of phenols is 1. The van der Waals surface area contributed by atoms with E-state index >= 15 is 0 Å². The van der Waals surface area contributed by atoms with Crippen LogP contribution in [0.25, 0.3) is 21.9 Å². The first-order valence-corrected chi connectivity index (χ1v) is 13.2. The van der Waals surface area contributed by atoms with Gasteiger partial charge in [-0.25, -0.2) is 0 Å². The van der Waals surface area contributed by atoms with Crippen molar-refractivity contribution in [3.63, 3.8) is 0 Å². The van der Waals surface area contributed by atoms with Crippen LogP contribution in [0.5, 0.6) is 5.75 Å². The van der Waals surface area contributed by atoms with Crippen LogP contribution < -0.4 is 0 Å². The van der Waals surface area contributed by atoms with Gasteiger partial charge in [0.05, 0.1) is 0 Å². The summed E-state index contributed by atoms with van der Waals surface area (Å²) in [6, 6.07) is 15.6. The summed E-state index contributed by atoms with van der Waals surface area (Å²) in [6.07, 6.45) is 6.63. The molecule has 1 N–H and O–H groups in total. The molecule has 3 aromatic rings. The van der Waals surface area contributed by atoms with Gasteiger partial charge in [0.2, 0.25) is 0 Å². The van der Waals surface area contributed by atoms with Crippen molar-refractivity contribution in [2.24, 2.45) is 10.8 Å². The molecule has 3 heteroatoms. The van der Waals surface area contributed by atoms with Gasteiger partial charge in [-0.05, 0) is 82.0 Å². The van der Waals surface area contributed by atoms with Crippen molar-refractivity contribution in [3.8, 4) is 16.9 Å². The number of rotatable bonds is 2. The van der Waals surface area contributed by atoms with E-state index in [0.29, 0.717) is 5.75 Å². The Kier molecular flexibility index (Phi) is 4.38. The molecule has 3 aromatic carbocycles. The van der Waals surface area contributed by atoms with Gasteiger partial charge in [-0.3, -0.25) is 0 Å². The molecule has 0 radical (unpaired) electrons. The van der Waals surface area contributed by atoms with Crippen LogP contribution in [0.3, 0.4) is 0 Å². The Balaban J connectivity index is 2.00. The highest BCUT2D eigenvalue weighted by Gasteiger charge is 2.64. The summed E-state index contributed by atoms with van der Waals surface area (Å²) in [5.41, 5.74) is 5.58. The first kappa shape index (κ1) is 20.3. The van der Waals surface area contributed by atoms with E-state index in [-0.39, 0.29) is 16.2 Å². The maximum Gasteiger partial charge on any atom is 0.123 e. The molecule has 1 nitrogen and oxygen atoms in total. The fourth-order valence-electron chi connectivity index (χ4n) is 6.86. The van der Waals surface area contributed by atoms with Crippen LogP contribution in [0, 0.1) is 10.8 Å². The summed E-state index contributed by atoms with van der Waals surface area (Å²) >= 11 is 3.54. The largest absolute Gasteiger partial charge is 0.507 e. The molecular formula is C27H30OS2. The standard InChI is InChI=1S/C27H30OS2/c1-25(2)11-12-26(3,4)27(25)19-10-8-7-9-16(19)24-18-14-23(30-6)22(29-5)13-17(18)21(28)15-20(24)27/h7-10,13-15,28H,11-12H2,1-6H3. The molecule has 0 atom stereocenters. The third-order valence-electron chi connectivity index (χ3n) is 8.03. The van der Waals surface area contributed by atoms with E-state index in [0.717, 1.165) is 5.39 Å². The number of phenolic OH excluding ortho intramolecular Hbond substituents is 1. The van der Waals surface area contributed by atoms with Crippen LogP contribution in [0.2, 0.25) is 0 Å². The van der Waals surface area contributed by atoms with Gasteiger partial charge in [-0.15, -0.1) is 23.5 Å². The van der Waals surface area contributed by atoms with Crippen LogP contribution in [0.1, 0.15) is 51.7 Å². The van der Waals surface area contributed by atoms with Crippen molar-refractivity contribution in [1.82, 2.24) is 0 Å². The average molecular weight is 435 g/mol. The second-order valence-corrected chi connectivity index (χ2v) is 11.8. The van der Waals surface area contributed by atoms with Gasteiger partial charge in [0.15, 0.2) is 0 Å². The molecule has 2 aliphatic carbocycles. The molecule has 1 spiro atoms. The van der Waals surface area contributed by atoms with E-state index in [1.165, 1.54) is 50.3 Å². The van der Waals surface area contributed by atoms with E-state index in [1.807, 2.05) is 0 Å². The van der Waals surface area contributed by atoms with Crippen LogP contribution in [-0.2, 0) is 5.41 Å². The van der Waals surface area contributed by atoms with Crippen molar-refractivity contribution in [3.05, 3.63) is 53.6 Å². The lowest BCUT2D eigenvalue weighted by Gasteiger charge is -2.49. The van der Waals surface area contributed by atoms with Gasteiger partial charge in [-0.2, -0.15) is 0 Å². The van der Waals surface area contributed by atoms with E-state index in [1.54, 1.807) is 23.5 Å². The second-order valence-electron chi connectivity index (χ2n) is 10.1. The summed E-state index contributed by atoms with van der Waals surface area (Å²) in [6.45, 7) is 9.72. The first-order chi connectivity index (χ1) is 14.2. The maximum absolute atomic E-state index is 11.3. The number of thioether (sulfide) groups is 2. The van der Waals surface area contributed by atoms with Gasteiger partial charge in [0.25, 0.3) is 0 Å². The van der Waals surface area contributed by atoms with Crippen molar-refractivity contribution in [2.45, 2.75) is 55.7 Å². The predicted octanol–water partition coefficient (Wildman–Crippen LogP) is 8.10. The third-order valence-corrected chi connectivity index (χ3v) is 9.71. The van der Waals surface area contributed by atoms with Gasteiger partial charge in [-0.1, -0.05) is 52.0 Å². The second kappa shape index (κ2) is 6.46. The van der Waals surface area contributed by atoms with Crippen molar-refractivity contribution in [2.75, 3.05) is 12.5 Å². The highest BCUT2D eigenvalue weighted by atomic mass is 32.2. The molecule has 30 heavy (non-hydrogen) atoms. The van der Waals surface area contributed by atoms with Crippen molar-refractivity contribution >= 4 is 34.3 Å². The molecule has 0 heterocycles. The first-order valence-electron chi connectivity index (χ1n) is 10.7. The van der Waals surface area contributed by atoms with E-state index in [9.17, 15) is 5.11 Å². The highest BCUT2D eigenvalue weighted by Crippen LogP contribution is 2.72. The highest BCUT2D eigenvalue weighted by molar-refractivity contribution is 8.01. The Labute approximate surface area is 188 Å². The molecule has 2 aliphatic rings. The topological polar surface area (TPSA) is 20.2 Å². The zero-order valence-corrected chi connectivity index (χ0v) is 20.4. The number of hydrogen-bond acceptors (Lipinski definition) is 3. The molecule has 156 valence electrons. The SMILES string of the molecule is CSc1cc2c(O)cc3c(c2cc1SC)-c1ccccc1C31C(C)(C)CCC1(C)C. The summed E-state index contributed by atoms with van der Waals surface area (Å²) in [5, 5.41) is 13.4. The summed E-state index contributed by atoms with van der Waals surface area (Å²) in [7, 11) is 0. The monoisotopic (exact) mass is 434 g/mol. The lowest BCUT2D eigenvalue weighted by molar-refractivity contribution is 0.150. The minimum atomic E-state index is -0.102. The average Bonchev–Trinajstić information content (AvgIpc) is 3.13. The molecule has 0 unspecified atom stereocenters. The van der Waals surface area contributed by atoms with Gasteiger partial charge in [0, 0.05) is 20.6 Å². The minimum Gasteiger partial charge on any atom is -0.507 e. The fourth-order valence-corrected chi connectivity index (χ4v) is 8.35. The molecule has 0 bridgehead atoms. The number of hydrogen-bond donors (Lipinski definition) is 1. The fraction of sp³-hybridized carbons (Fsp3) is 0.407. The van der Waals surface area contributed by atoms with Gasteiger partial charge >= 0.3 is 0 Å². The van der Waals surface area contributed by atoms with Gasteiger partial charge < -0.3 is 5.11 Å². The van der Waals surface area contributed by atoms with Crippen molar-refractivity contribution < 1.29 is 5.11 Å². The van der Waals surface area contributed by atoms with Crippen molar-refractivity contribution in [1.29, 1.82) is 0 Å². The van der Waals surface area contributed by atoms with Crippen LogP contribution in [0.15, 0.2) is 52.3 Å². The Morgan fingerprint density at radius 3 is 1.93 bits per heavy atom. The third kappa shape index (κ3) is 2.29. The van der Waals surface area contributed by atoms with E-state index < -0.39 is 0 Å². The summed E-state index contributed by atoms with van der Waals surface area (Å²) in [4.78, 5) is 2.51. The Morgan fingerprint density at radius 2 is 1.33 bits per heavy atom. The molecular weight excluding hydrogens is 404 g/mol. The molecule has 1 fully saturated rings. The number of fused-ring (bicyclic) bond motifs is 7. The Morgan fingerprint density at radius 1 is 0.767 bits per heavy atom. The van der Waals surface area contributed by atoms with Crippen LogP contribution in [0.4, 0.5) is 0 Å². The molecule has 0 saturated heterocycles.